The van der Waals surface area contributed by atoms with Crippen LogP contribution in [-0.2, 0) is 22.6 Å². The summed E-state index contributed by atoms with van der Waals surface area (Å²) in [5, 5.41) is 9.45. The maximum atomic E-state index is 12.7. The maximum absolute atomic E-state index is 12.7. The number of aromatic nitrogens is 3. The molecule has 30 heavy (non-hydrogen) atoms. The quantitative estimate of drug-likeness (QED) is 0.620. The van der Waals surface area contributed by atoms with Crippen LogP contribution in [0.3, 0.4) is 0 Å². The number of carbonyl (C=O) groups is 2. The number of fused-ring (bicyclic) bond motifs is 1. The molecule has 3 rings (SSSR count). The lowest BCUT2D eigenvalue weighted by Gasteiger charge is -2.11. The van der Waals surface area contributed by atoms with Crippen LogP contribution >= 0.6 is 0 Å². The van der Waals surface area contributed by atoms with Crippen molar-refractivity contribution < 1.29 is 19.1 Å². The van der Waals surface area contributed by atoms with Crippen molar-refractivity contribution in [3.8, 4) is 6.07 Å². The summed E-state index contributed by atoms with van der Waals surface area (Å²) < 4.78 is 11.5. The highest BCUT2D eigenvalue weighted by molar-refractivity contribution is 5.98. The molecule has 9 nitrogen and oxygen atoms in total. The van der Waals surface area contributed by atoms with Gasteiger partial charge in [0.05, 0.1) is 29.1 Å². The number of nitrogens with zero attached hydrogens (tertiary/aromatic N) is 3. The van der Waals surface area contributed by atoms with Crippen molar-refractivity contribution in [1.29, 1.82) is 5.26 Å². The number of ether oxygens (including phenoxy) is 2. The largest absolute Gasteiger partial charge is 0.461 e. The summed E-state index contributed by atoms with van der Waals surface area (Å²) in [6, 6.07) is 8.66. The van der Waals surface area contributed by atoms with Crippen molar-refractivity contribution in [2.75, 3.05) is 6.61 Å². The predicted octanol–water partition coefficient (Wildman–Crippen LogP) is 2.40. The minimum atomic E-state index is -0.678. The van der Waals surface area contributed by atoms with Crippen molar-refractivity contribution in [3.63, 3.8) is 0 Å². The average Bonchev–Trinajstić information content (AvgIpc) is 3.03. The zero-order valence-corrected chi connectivity index (χ0v) is 16.8. The average molecular weight is 408 g/mol. The lowest BCUT2D eigenvalue weighted by atomic mass is 10.1. The van der Waals surface area contributed by atoms with Crippen LogP contribution in [0.1, 0.15) is 44.9 Å². The minimum Gasteiger partial charge on any atom is -0.461 e. The first-order chi connectivity index (χ1) is 14.4. The molecule has 0 fully saturated rings. The molecule has 1 N–H and O–H groups in total. The lowest BCUT2D eigenvalue weighted by Crippen LogP contribution is -2.26. The van der Waals surface area contributed by atoms with Gasteiger partial charge in [-0.15, -0.1) is 0 Å². The van der Waals surface area contributed by atoms with E-state index in [1.54, 1.807) is 45.0 Å². The van der Waals surface area contributed by atoms with E-state index in [0.29, 0.717) is 22.2 Å². The van der Waals surface area contributed by atoms with Gasteiger partial charge in [0.15, 0.2) is 5.82 Å². The number of hydrogen-bond acceptors (Lipinski definition) is 7. The van der Waals surface area contributed by atoms with Crippen LogP contribution in [-0.4, -0.2) is 33.1 Å². The van der Waals surface area contributed by atoms with Crippen LogP contribution in [0.2, 0.25) is 0 Å². The summed E-state index contributed by atoms with van der Waals surface area (Å²) in [7, 11) is 0. The molecule has 9 heteroatoms. The summed E-state index contributed by atoms with van der Waals surface area (Å²) in [5.41, 5.74) is 1.34. The number of carbonyl (C=O) groups excluding carboxylic acids is 2. The third kappa shape index (κ3) is 3.80. The Hall–Kier alpha value is -3.93. The van der Waals surface area contributed by atoms with Gasteiger partial charge in [0, 0.05) is 5.69 Å². The summed E-state index contributed by atoms with van der Waals surface area (Å²) in [6.45, 7) is 4.63. The minimum absolute atomic E-state index is 0.157. The van der Waals surface area contributed by atoms with E-state index in [1.165, 1.54) is 4.57 Å². The molecule has 0 saturated carbocycles. The third-order valence-corrected chi connectivity index (χ3v) is 4.62. The molecule has 0 unspecified atom stereocenters. The second kappa shape index (κ2) is 8.61. The predicted molar refractivity (Wildman–Crippen MR) is 107 cm³/mol. The number of esters is 2. The number of benzene rings is 1. The number of nitrogens with one attached hydrogen (secondary N) is 1. The van der Waals surface area contributed by atoms with Gasteiger partial charge < -0.3 is 14.5 Å². The second-order valence-corrected chi connectivity index (χ2v) is 6.52. The molecular formula is C21H20N4O5. The highest BCUT2D eigenvalue weighted by Gasteiger charge is 2.24. The first kappa shape index (κ1) is 20.8. The number of hydrogen-bond donors (Lipinski definition) is 1. The highest BCUT2D eigenvalue weighted by atomic mass is 16.5. The van der Waals surface area contributed by atoms with Crippen molar-refractivity contribution in [2.24, 2.45) is 0 Å². The molecule has 0 atom stereocenters. The Balaban J connectivity index is 1.91. The van der Waals surface area contributed by atoms with Crippen LogP contribution in [0.25, 0.3) is 10.9 Å². The fraction of sp³-hybridized carbons (Fsp3) is 0.286. The molecule has 2 aromatic heterocycles. The number of aryl methyl sites for hydroxylation is 1. The standard InChI is InChI=1S/C21H20N4O5/c1-4-29-21(28)18-12(2)17(13(3)23-18)20(27)30-11-16-24-15-8-6-5-7-14(15)19(26)25(16)10-9-22/h5-8,23H,4,10-11H2,1-3H3. The summed E-state index contributed by atoms with van der Waals surface area (Å²) in [4.78, 5) is 44.6. The SMILES string of the molecule is CCOC(=O)c1[nH]c(C)c(C(=O)OCc2nc3ccccc3c(=O)n2CC#N)c1C. The third-order valence-electron chi connectivity index (χ3n) is 4.62. The van der Waals surface area contributed by atoms with Crippen LogP contribution in [0.4, 0.5) is 0 Å². The zero-order chi connectivity index (χ0) is 21.8. The number of rotatable bonds is 6. The van der Waals surface area contributed by atoms with Crippen LogP contribution in [0.15, 0.2) is 29.1 Å². The lowest BCUT2D eigenvalue weighted by molar-refractivity contribution is 0.0455. The Kier molecular flexibility index (Phi) is 5.97. The first-order valence-electron chi connectivity index (χ1n) is 9.27. The monoisotopic (exact) mass is 408 g/mol. The molecule has 1 aromatic carbocycles. The molecule has 0 amide bonds. The van der Waals surface area contributed by atoms with Crippen LogP contribution in [0, 0.1) is 25.2 Å². The van der Waals surface area contributed by atoms with E-state index in [1.807, 2.05) is 6.07 Å². The Morgan fingerprint density at radius 2 is 1.93 bits per heavy atom. The smallest absolute Gasteiger partial charge is 0.355 e. The van der Waals surface area contributed by atoms with E-state index >= 15 is 0 Å². The Morgan fingerprint density at radius 1 is 1.20 bits per heavy atom. The maximum Gasteiger partial charge on any atom is 0.355 e. The summed E-state index contributed by atoms with van der Waals surface area (Å²) >= 11 is 0. The van der Waals surface area contributed by atoms with Gasteiger partial charge >= 0.3 is 11.9 Å². The summed E-state index contributed by atoms with van der Waals surface area (Å²) in [5.74, 6) is -1.08. The van der Waals surface area contributed by atoms with Crippen LogP contribution < -0.4 is 5.56 Å². The van der Waals surface area contributed by atoms with Crippen molar-refractivity contribution in [3.05, 3.63) is 63.0 Å². The van der Waals surface area contributed by atoms with Gasteiger partial charge in [0.25, 0.3) is 5.56 Å². The highest BCUT2D eigenvalue weighted by Crippen LogP contribution is 2.20. The van der Waals surface area contributed by atoms with Gasteiger partial charge in [0.2, 0.25) is 0 Å². The molecule has 0 aliphatic rings. The van der Waals surface area contributed by atoms with E-state index in [9.17, 15) is 14.4 Å². The van der Waals surface area contributed by atoms with Gasteiger partial charge in [-0.1, -0.05) is 12.1 Å². The molecule has 0 spiro atoms. The normalized spacial score (nSPS) is 10.6. The molecule has 0 aliphatic carbocycles. The number of para-hydroxylation sites is 1. The van der Waals surface area contributed by atoms with Crippen molar-refractivity contribution in [2.45, 2.75) is 33.9 Å². The van der Waals surface area contributed by atoms with Crippen LogP contribution in [0.5, 0.6) is 0 Å². The molecule has 0 bridgehead atoms. The Labute approximate surface area is 171 Å². The topological polar surface area (TPSA) is 127 Å². The van der Waals surface area contributed by atoms with E-state index in [0.717, 1.165) is 0 Å². The Morgan fingerprint density at radius 3 is 2.63 bits per heavy atom. The molecule has 0 radical (unpaired) electrons. The molecule has 3 aromatic rings. The van der Waals surface area contributed by atoms with Gasteiger partial charge in [0.1, 0.15) is 18.8 Å². The molecule has 0 aliphatic heterocycles. The number of H-pyrrole nitrogens is 1. The van der Waals surface area contributed by atoms with E-state index < -0.39 is 11.9 Å². The van der Waals surface area contributed by atoms with Crippen molar-refractivity contribution in [1.82, 2.24) is 14.5 Å². The second-order valence-electron chi connectivity index (χ2n) is 6.52. The summed E-state index contributed by atoms with van der Waals surface area (Å²) in [6.07, 6.45) is 0. The van der Waals surface area contributed by atoms with E-state index in [4.69, 9.17) is 14.7 Å². The number of aromatic amines is 1. The molecule has 0 saturated heterocycles. The molecular weight excluding hydrogens is 388 g/mol. The van der Waals surface area contributed by atoms with Gasteiger partial charge in [-0.2, -0.15) is 5.26 Å². The van der Waals surface area contributed by atoms with Gasteiger partial charge in [-0.3, -0.25) is 9.36 Å². The number of nitriles is 1. The Bertz CT molecular complexity index is 1230. The van der Waals surface area contributed by atoms with Gasteiger partial charge in [-0.25, -0.2) is 14.6 Å². The first-order valence-corrected chi connectivity index (χ1v) is 9.27. The molecule has 154 valence electrons. The zero-order valence-electron chi connectivity index (χ0n) is 16.8. The van der Waals surface area contributed by atoms with Crippen molar-refractivity contribution >= 4 is 22.8 Å². The molecule has 2 heterocycles. The van der Waals surface area contributed by atoms with E-state index in [-0.39, 0.29) is 42.4 Å². The fourth-order valence-electron chi connectivity index (χ4n) is 3.22. The fourth-order valence-corrected chi connectivity index (χ4v) is 3.22. The van der Waals surface area contributed by atoms with E-state index in [2.05, 4.69) is 9.97 Å². The van der Waals surface area contributed by atoms with Gasteiger partial charge in [-0.05, 0) is 38.5 Å².